The highest BCUT2D eigenvalue weighted by molar-refractivity contribution is 5.94. The Hall–Kier alpha value is -2.86. The number of nitrogens with one attached hydrogen (secondary N) is 1. The molecule has 1 aliphatic rings. The molecule has 28 heavy (non-hydrogen) atoms. The second kappa shape index (κ2) is 7.64. The molecule has 0 aliphatic carbocycles. The average Bonchev–Trinajstić information content (AvgIpc) is 3.12. The first-order valence-corrected chi connectivity index (χ1v) is 9.66. The number of fused-ring (bicyclic) bond motifs is 1. The summed E-state index contributed by atoms with van der Waals surface area (Å²) in [6.45, 7) is 7.82. The molecule has 0 spiro atoms. The van der Waals surface area contributed by atoms with E-state index in [2.05, 4.69) is 21.8 Å². The van der Waals surface area contributed by atoms with E-state index in [9.17, 15) is 4.79 Å². The normalized spacial score (nSPS) is 14.5. The number of aromatic amines is 1. The molecular formula is C22H26N4O2. The summed E-state index contributed by atoms with van der Waals surface area (Å²) in [5, 5.41) is 0. The van der Waals surface area contributed by atoms with Crippen LogP contribution in [0.3, 0.4) is 0 Å². The van der Waals surface area contributed by atoms with Crippen molar-refractivity contribution in [3.63, 3.8) is 0 Å². The van der Waals surface area contributed by atoms with Gasteiger partial charge in [-0.15, -0.1) is 0 Å². The third kappa shape index (κ3) is 3.60. The van der Waals surface area contributed by atoms with Gasteiger partial charge in [0.25, 0.3) is 5.91 Å². The smallest absolute Gasteiger partial charge is 0.254 e. The standard InChI is InChI=1S/C22H26N4O2/c1-15-5-4-6-18-21(15)24-20(23-18)14-25(3)22(27)17-7-8-19(16(2)13-17)26-9-11-28-12-10-26/h4-8,13H,9-12,14H2,1-3H3,(H,23,24). The van der Waals surface area contributed by atoms with Crippen LogP contribution >= 0.6 is 0 Å². The summed E-state index contributed by atoms with van der Waals surface area (Å²) in [4.78, 5) is 24.9. The van der Waals surface area contributed by atoms with E-state index >= 15 is 0 Å². The predicted molar refractivity (Wildman–Crippen MR) is 111 cm³/mol. The van der Waals surface area contributed by atoms with Gasteiger partial charge in [0.05, 0.1) is 30.8 Å². The number of H-pyrrole nitrogens is 1. The molecule has 0 unspecified atom stereocenters. The van der Waals surface area contributed by atoms with Crippen LogP contribution in [0.2, 0.25) is 0 Å². The van der Waals surface area contributed by atoms with Crippen LogP contribution in [-0.2, 0) is 11.3 Å². The van der Waals surface area contributed by atoms with Crippen LogP contribution in [0.1, 0.15) is 27.3 Å². The zero-order valence-electron chi connectivity index (χ0n) is 16.7. The van der Waals surface area contributed by atoms with Gasteiger partial charge in [-0.05, 0) is 49.2 Å². The molecule has 1 aromatic heterocycles. The third-order valence-electron chi connectivity index (χ3n) is 5.29. The Balaban J connectivity index is 1.49. The largest absolute Gasteiger partial charge is 0.378 e. The van der Waals surface area contributed by atoms with E-state index in [-0.39, 0.29) is 5.91 Å². The maximum absolute atomic E-state index is 12.9. The van der Waals surface area contributed by atoms with Crippen molar-refractivity contribution in [1.29, 1.82) is 0 Å². The number of benzene rings is 2. The van der Waals surface area contributed by atoms with Gasteiger partial charge in [0.15, 0.2) is 0 Å². The lowest BCUT2D eigenvalue weighted by Crippen LogP contribution is -2.36. The molecule has 0 radical (unpaired) electrons. The second-order valence-corrected chi connectivity index (χ2v) is 7.42. The number of imidazole rings is 1. The number of nitrogens with zero attached hydrogens (tertiary/aromatic N) is 3. The van der Waals surface area contributed by atoms with Crippen molar-refractivity contribution in [3.05, 3.63) is 58.9 Å². The van der Waals surface area contributed by atoms with Crippen LogP contribution < -0.4 is 4.90 Å². The van der Waals surface area contributed by atoms with Crippen molar-refractivity contribution >= 4 is 22.6 Å². The van der Waals surface area contributed by atoms with Gasteiger partial charge >= 0.3 is 0 Å². The lowest BCUT2D eigenvalue weighted by Gasteiger charge is -2.30. The average molecular weight is 378 g/mol. The molecule has 4 rings (SSSR count). The Morgan fingerprint density at radius 2 is 1.96 bits per heavy atom. The first-order valence-electron chi connectivity index (χ1n) is 9.66. The Morgan fingerprint density at radius 1 is 1.18 bits per heavy atom. The Bertz CT molecular complexity index is 1000. The molecule has 2 heterocycles. The molecule has 1 amide bonds. The van der Waals surface area contributed by atoms with Crippen LogP contribution in [-0.4, -0.2) is 54.1 Å². The van der Waals surface area contributed by atoms with E-state index in [1.807, 2.05) is 50.4 Å². The van der Waals surface area contributed by atoms with Crippen molar-refractivity contribution in [2.75, 3.05) is 38.3 Å². The zero-order chi connectivity index (χ0) is 19.7. The van der Waals surface area contributed by atoms with Crippen LogP contribution in [0.5, 0.6) is 0 Å². The molecule has 3 aromatic rings. The number of aromatic nitrogens is 2. The fourth-order valence-electron chi connectivity index (χ4n) is 3.77. The molecule has 0 bridgehead atoms. The molecule has 146 valence electrons. The van der Waals surface area contributed by atoms with Crippen molar-refractivity contribution in [3.8, 4) is 0 Å². The number of hydrogen-bond donors (Lipinski definition) is 1. The van der Waals surface area contributed by atoms with E-state index in [4.69, 9.17) is 4.74 Å². The van der Waals surface area contributed by atoms with Gasteiger partial charge in [0, 0.05) is 31.4 Å². The maximum atomic E-state index is 12.9. The quantitative estimate of drug-likeness (QED) is 0.757. The molecular weight excluding hydrogens is 352 g/mol. The molecule has 0 atom stereocenters. The third-order valence-corrected chi connectivity index (χ3v) is 5.29. The highest BCUT2D eigenvalue weighted by atomic mass is 16.5. The Morgan fingerprint density at radius 3 is 2.68 bits per heavy atom. The van der Waals surface area contributed by atoms with Crippen molar-refractivity contribution < 1.29 is 9.53 Å². The first-order chi connectivity index (χ1) is 13.5. The number of morpholine rings is 1. The van der Waals surface area contributed by atoms with Crippen LogP contribution in [0.4, 0.5) is 5.69 Å². The Labute approximate surface area is 165 Å². The van der Waals surface area contributed by atoms with Crippen molar-refractivity contribution in [1.82, 2.24) is 14.9 Å². The summed E-state index contributed by atoms with van der Waals surface area (Å²) in [5.41, 5.74) is 6.08. The number of carbonyl (C=O) groups excluding carboxylic acids is 1. The van der Waals surface area contributed by atoms with E-state index in [1.54, 1.807) is 4.90 Å². The highest BCUT2D eigenvalue weighted by Gasteiger charge is 2.18. The molecule has 1 aliphatic heterocycles. The molecule has 1 fully saturated rings. The van der Waals surface area contributed by atoms with E-state index in [0.717, 1.165) is 54.3 Å². The number of ether oxygens (including phenoxy) is 1. The van der Waals surface area contributed by atoms with Crippen molar-refractivity contribution in [2.45, 2.75) is 20.4 Å². The first kappa shape index (κ1) is 18.5. The molecule has 2 aromatic carbocycles. The number of carbonyl (C=O) groups is 1. The van der Waals surface area contributed by atoms with E-state index < -0.39 is 0 Å². The summed E-state index contributed by atoms with van der Waals surface area (Å²) < 4.78 is 5.43. The summed E-state index contributed by atoms with van der Waals surface area (Å²) >= 11 is 0. The van der Waals surface area contributed by atoms with Gasteiger partial charge < -0.3 is 19.5 Å². The highest BCUT2D eigenvalue weighted by Crippen LogP contribution is 2.23. The van der Waals surface area contributed by atoms with Crippen LogP contribution in [0.25, 0.3) is 11.0 Å². The lowest BCUT2D eigenvalue weighted by molar-refractivity contribution is 0.0782. The topological polar surface area (TPSA) is 61.5 Å². The van der Waals surface area contributed by atoms with Gasteiger partial charge in [-0.2, -0.15) is 0 Å². The minimum Gasteiger partial charge on any atom is -0.378 e. The molecule has 1 N–H and O–H groups in total. The SMILES string of the molecule is Cc1cc(C(=O)N(C)Cc2nc3c(C)cccc3[nH]2)ccc1N1CCOCC1. The number of aryl methyl sites for hydroxylation is 2. The minimum absolute atomic E-state index is 0.00574. The molecule has 6 nitrogen and oxygen atoms in total. The summed E-state index contributed by atoms with van der Waals surface area (Å²) in [6.07, 6.45) is 0. The number of anilines is 1. The molecule has 0 saturated carbocycles. The summed E-state index contributed by atoms with van der Waals surface area (Å²) in [6, 6.07) is 12.0. The van der Waals surface area contributed by atoms with Gasteiger partial charge in [0.1, 0.15) is 5.82 Å². The van der Waals surface area contributed by atoms with Crippen LogP contribution in [0.15, 0.2) is 36.4 Å². The van der Waals surface area contributed by atoms with Gasteiger partial charge in [-0.1, -0.05) is 12.1 Å². The fraction of sp³-hybridized carbons (Fsp3) is 0.364. The maximum Gasteiger partial charge on any atom is 0.254 e. The van der Waals surface area contributed by atoms with Gasteiger partial charge in [-0.3, -0.25) is 4.79 Å². The van der Waals surface area contributed by atoms with Gasteiger partial charge in [0.2, 0.25) is 0 Å². The number of amides is 1. The summed E-state index contributed by atoms with van der Waals surface area (Å²) in [5.74, 6) is 0.788. The molecule has 6 heteroatoms. The van der Waals surface area contributed by atoms with E-state index in [1.165, 1.54) is 5.69 Å². The summed E-state index contributed by atoms with van der Waals surface area (Å²) in [7, 11) is 1.81. The fourth-order valence-corrected chi connectivity index (χ4v) is 3.77. The predicted octanol–water partition coefficient (Wildman–Crippen LogP) is 3.29. The number of rotatable bonds is 4. The zero-order valence-corrected chi connectivity index (χ0v) is 16.7. The van der Waals surface area contributed by atoms with Gasteiger partial charge in [-0.25, -0.2) is 4.98 Å². The Kier molecular flexibility index (Phi) is 5.05. The monoisotopic (exact) mass is 378 g/mol. The molecule has 1 saturated heterocycles. The second-order valence-electron chi connectivity index (χ2n) is 7.42. The number of hydrogen-bond acceptors (Lipinski definition) is 4. The van der Waals surface area contributed by atoms with E-state index in [0.29, 0.717) is 12.1 Å². The van der Waals surface area contributed by atoms with Crippen molar-refractivity contribution in [2.24, 2.45) is 0 Å². The minimum atomic E-state index is -0.00574. The number of para-hydroxylation sites is 1. The lowest BCUT2D eigenvalue weighted by atomic mass is 10.1. The van der Waals surface area contributed by atoms with Crippen LogP contribution in [0, 0.1) is 13.8 Å².